The number of benzene rings is 2. The predicted molar refractivity (Wildman–Crippen MR) is 122 cm³/mol. The van der Waals surface area contributed by atoms with Crippen molar-refractivity contribution in [3.8, 4) is 22.8 Å². The van der Waals surface area contributed by atoms with Crippen LogP contribution in [-0.2, 0) is 4.79 Å². The van der Waals surface area contributed by atoms with Crippen LogP contribution in [0.1, 0.15) is 24.2 Å². The quantitative estimate of drug-likeness (QED) is 0.525. The summed E-state index contributed by atoms with van der Waals surface area (Å²) in [5.41, 5.74) is 1.62. The summed E-state index contributed by atoms with van der Waals surface area (Å²) >= 11 is 1.26. The molecule has 32 heavy (non-hydrogen) atoms. The number of rotatable bonds is 8. The number of hydrogen-bond donors (Lipinski definition) is 2. The number of nitrogens with one attached hydrogen (secondary N) is 2. The standard InChI is InChI=1S/C23H24FN3O4S/c1-13(2)20(26-21(28)14-5-7-15(24)8-6-14)22(29)27-23-25-18(12-32-23)17-11-16(30-3)9-10-19(17)31-4/h5-13,20H,1-4H3,(H,26,28)(H,25,27,29)/t20-/m0/s1. The van der Waals surface area contributed by atoms with Gasteiger partial charge in [-0.1, -0.05) is 13.8 Å². The van der Waals surface area contributed by atoms with E-state index in [4.69, 9.17) is 9.47 Å². The average Bonchev–Trinajstić information content (AvgIpc) is 3.25. The van der Waals surface area contributed by atoms with Crippen LogP contribution in [0.4, 0.5) is 9.52 Å². The minimum atomic E-state index is -0.800. The summed E-state index contributed by atoms with van der Waals surface area (Å²) in [6.07, 6.45) is 0. The summed E-state index contributed by atoms with van der Waals surface area (Å²) < 4.78 is 23.8. The van der Waals surface area contributed by atoms with Crippen molar-refractivity contribution in [1.29, 1.82) is 0 Å². The number of hydrogen-bond acceptors (Lipinski definition) is 6. The van der Waals surface area contributed by atoms with Crippen molar-refractivity contribution < 1.29 is 23.5 Å². The van der Waals surface area contributed by atoms with E-state index >= 15 is 0 Å². The number of halogens is 1. The molecular formula is C23H24FN3O4S. The van der Waals surface area contributed by atoms with E-state index in [-0.39, 0.29) is 11.5 Å². The van der Waals surface area contributed by atoms with Gasteiger partial charge in [-0.25, -0.2) is 9.37 Å². The van der Waals surface area contributed by atoms with Gasteiger partial charge in [-0.2, -0.15) is 0 Å². The molecule has 0 aliphatic carbocycles. The normalized spacial score (nSPS) is 11.7. The van der Waals surface area contributed by atoms with Crippen molar-refractivity contribution in [2.24, 2.45) is 5.92 Å². The fraction of sp³-hybridized carbons (Fsp3) is 0.261. The third kappa shape index (κ3) is 5.42. The summed E-state index contributed by atoms with van der Waals surface area (Å²) in [4.78, 5) is 29.9. The van der Waals surface area contributed by atoms with Crippen molar-refractivity contribution in [2.45, 2.75) is 19.9 Å². The molecule has 0 spiro atoms. The first-order valence-corrected chi connectivity index (χ1v) is 10.8. The predicted octanol–water partition coefficient (Wildman–Crippen LogP) is 4.36. The van der Waals surface area contributed by atoms with E-state index in [0.717, 1.165) is 5.56 Å². The third-order valence-corrected chi connectivity index (χ3v) is 5.52. The Morgan fingerprint density at radius 3 is 2.41 bits per heavy atom. The van der Waals surface area contributed by atoms with Crippen LogP contribution in [0.5, 0.6) is 11.5 Å². The summed E-state index contributed by atoms with van der Waals surface area (Å²) in [6, 6.07) is 9.71. The maximum atomic E-state index is 13.1. The van der Waals surface area contributed by atoms with Gasteiger partial charge in [0.1, 0.15) is 23.4 Å². The van der Waals surface area contributed by atoms with E-state index in [1.54, 1.807) is 37.8 Å². The molecule has 0 radical (unpaired) electrons. The summed E-state index contributed by atoms with van der Waals surface area (Å²) in [5.74, 6) is -0.193. The minimum absolute atomic E-state index is 0.183. The van der Waals surface area contributed by atoms with Crippen LogP contribution in [-0.4, -0.2) is 37.1 Å². The topological polar surface area (TPSA) is 89.5 Å². The lowest BCUT2D eigenvalue weighted by molar-refractivity contribution is -0.118. The van der Waals surface area contributed by atoms with E-state index in [1.807, 2.05) is 13.8 Å². The Bertz CT molecular complexity index is 1100. The summed E-state index contributed by atoms with van der Waals surface area (Å²) in [7, 11) is 3.14. The number of methoxy groups -OCH3 is 2. The average molecular weight is 458 g/mol. The second-order valence-electron chi connectivity index (χ2n) is 7.30. The Morgan fingerprint density at radius 2 is 1.78 bits per heavy atom. The SMILES string of the molecule is COc1ccc(OC)c(-c2csc(NC(=O)[C@@H](NC(=O)c3ccc(F)cc3)C(C)C)n2)c1. The molecule has 0 unspecified atom stereocenters. The first kappa shape index (κ1) is 23.2. The molecule has 0 bridgehead atoms. The van der Waals surface area contributed by atoms with E-state index in [2.05, 4.69) is 15.6 Å². The van der Waals surface area contributed by atoms with Gasteiger partial charge in [0.15, 0.2) is 5.13 Å². The summed E-state index contributed by atoms with van der Waals surface area (Å²) in [5, 5.41) is 7.66. The van der Waals surface area contributed by atoms with Crippen molar-refractivity contribution in [2.75, 3.05) is 19.5 Å². The molecule has 2 aromatic carbocycles. The molecule has 0 saturated heterocycles. The fourth-order valence-corrected chi connectivity index (χ4v) is 3.73. The Hall–Kier alpha value is -3.46. The minimum Gasteiger partial charge on any atom is -0.497 e. The number of amides is 2. The number of carbonyl (C=O) groups is 2. The van der Waals surface area contributed by atoms with Crippen LogP contribution in [0.3, 0.4) is 0 Å². The Kier molecular flexibility index (Phi) is 7.42. The van der Waals surface area contributed by atoms with E-state index in [9.17, 15) is 14.0 Å². The zero-order valence-corrected chi connectivity index (χ0v) is 19.0. The molecule has 1 atom stereocenters. The second kappa shape index (κ2) is 10.2. The first-order chi connectivity index (χ1) is 15.3. The Balaban J connectivity index is 1.75. The van der Waals surface area contributed by atoms with Gasteiger partial charge in [0.05, 0.1) is 19.9 Å². The number of aromatic nitrogens is 1. The van der Waals surface area contributed by atoms with Gasteiger partial charge in [-0.3, -0.25) is 9.59 Å². The van der Waals surface area contributed by atoms with Crippen LogP contribution >= 0.6 is 11.3 Å². The zero-order valence-electron chi connectivity index (χ0n) is 18.1. The molecule has 1 heterocycles. The van der Waals surface area contributed by atoms with E-state index < -0.39 is 23.7 Å². The lowest BCUT2D eigenvalue weighted by Crippen LogP contribution is -2.47. The van der Waals surface area contributed by atoms with E-state index in [1.165, 1.54) is 35.6 Å². The Morgan fingerprint density at radius 1 is 1.06 bits per heavy atom. The molecule has 3 aromatic rings. The molecule has 2 N–H and O–H groups in total. The zero-order chi connectivity index (χ0) is 23.3. The first-order valence-electron chi connectivity index (χ1n) is 9.87. The second-order valence-corrected chi connectivity index (χ2v) is 8.15. The third-order valence-electron chi connectivity index (χ3n) is 4.76. The maximum Gasteiger partial charge on any atom is 0.251 e. The molecule has 9 heteroatoms. The van der Waals surface area contributed by atoms with Crippen molar-refractivity contribution in [1.82, 2.24) is 10.3 Å². The molecule has 7 nitrogen and oxygen atoms in total. The van der Waals surface area contributed by atoms with Crippen molar-refractivity contribution in [3.63, 3.8) is 0 Å². The molecule has 2 amide bonds. The van der Waals surface area contributed by atoms with Crippen LogP contribution in [0.2, 0.25) is 0 Å². The fourth-order valence-electron chi connectivity index (χ4n) is 3.01. The number of carbonyl (C=O) groups excluding carboxylic acids is 2. The van der Waals surface area contributed by atoms with Gasteiger partial charge in [0, 0.05) is 16.5 Å². The van der Waals surface area contributed by atoms with Gasteiger partial charge in [0.2, 0.25) is 5.91 Å². The highest BCUT2D eigenvalue weighted by atomic mass is 32.1. The molecule has 0 aliphatic rings. The molecule has 1 aromatic heterocycles. The smallest absolute Gasteiger partial charge is 0.251 e. The van der Waals surface area contributed by atoms with Gasteiger partial charge in [-0.05, 0) is 48.4 Å². The Labute approximate surface area is 189 Å². The highest BCUT2D eigenvalue weighted by molar-refractivity contribution is 7.14. The number of ether oxygens (including phenoxy) is 2. The highest BCUT2D eigenvalue weighted by Crippen LogP contribution is 2.35. The molecule has 3 rings (SSSR count). The number of anilines is 1. The number of thiazole rings is 1. The largest absolute Gasteiger partial charge is 0.497 e. The molecule has 0 saturated carbocycles. The van der Waals surface area contributed by atoms with Crippen LogP contribution in [0.15, 0.2) is 47.8 Å². The van der Waals surface area contributed by atoms with Gasteiger partial charge < -0.3 is 20.1 Å². The molecular weight excluding hydrogens is 433 g/mol. The lowest BCUT2D eigenvalue weighted by atomic mass is 10.0. The van der Waals surface area contributed by atoms with Crippen LogP contribution < -0.4 is 20.1 Å². The summed E-state index contributed by atoms with van der Waals surface area (Å²) in [6.45, 7) is 3.65. The lowest BCUT2D eigenvalue weighted by Gasteiger charge is -2.21. The van der Waals surface area contributed by atoms with Gasteiger partial charge in [-0.15, -0.1) is 11.3 Å². The van der Waals surface area contributed by atoms with Gasteiger partial charge in [0.25, 0.3) is 5.91 Å². The molecule has 0 fully saturated rings. The molecule has 168 valence electrons. The van der Waals surface area contributed by atoms with E-state index in [0.29, 0.717) is 22.3 Å². The van der Waals surface area contributed by atoms with Crippen LogP contribution in [0, 0.1) is 11.7 Å². The van der Waals surface area contributed by atoms with Crippen molar-refractivity contribution >= 4 is 28.3 Å². The molecule has 0 aliphatic heterocycles. The van der Waals surface area contributed by atoms with Crippen molar-refractivity contribution in [3.05, 3.63) is 59.2 Å². The van der Waals surface area contributed by atoms with Gasteiger partial charge >= 0.3 is 0 Å². The number of nitrogens with zero attached hydrogens (tertiary/aromatic N) is 1. The van der Waals surface area contributed by atoms with Crippen LogP contribution in [0.25, 0.3) is 11.3 Å². The highest BCUT2D eigenvalue weighted by Gasteiger charge is 2.26. The monoisotopic (exact) mass is 457 g/mol. The maximum absolute atomic E-state index is 13.1.